The predicted molar refractivity (Wildman–Crippen MR) is 110 cm³/mol. The van der Waals surface area contributed by atoms with Crippen LogP contribution in [0.4, 0.5) is 0 Å². The van der Waals surface area contributed by atoms with Gasteiger partial charge in [0, 0.05) is 19.6 Å². The Morgan fingerprint density at radius 1 is 1.18 bits per heavy atom. The van der Waals surface area contributed by atoms with Crippen molar-refractivity contribution in [3.05, 3.63) is 0 Å². The third kappa shape index (κ3) is 5.07. The Hall–Kier alpha value is -1.66. The molecule has 0 spiro atoms. The summed E-state index contributed by atoms with van der Waals surface area (Å²) in [6.45, 7) is -0.599. The van der Waals surface area contributed by atoms with Crippen LogP contribution in [0.5, 0.6) is 0 Å². The average Bonchev–Trinajstić information content (AvgIpc) is 3.40. The molecule has 1 saturated heterocycles. The van der Waals surface area contributed by atoms with Gasteiger partial charge < -0.3 is 67.6 Å². The quantitative estimate of drug-likeness (QED) is 0.120. The zero-order chi connectivity index (χ0) is 24.7. The van der Waals surface area contributed by atoms with Crippen LogP contribution in [-0.4, -0.2) is 124 Å². The Morgan fingerprint density at radius 3 is 2.42 bits per heavy atom. The molecule has 1 aliphatic heterocycles. The van der Waals surface area contributed by atoms with E-state index in [-0.39, 0.29) is 12.8 Å². The number of methoxy groups -OCH3 is 1. The maximum atomic E-state index is 12.8. The van der Waals surface area contributed by atoms with Crippen LogP contribution in [0.25, 0.3) is 0 Å². The van der Waals surface area contributed by atoms with Crippen LogP contribution in [0.2, 0.25) is 0 Å². The van der Waals surface area contributed by atoms with Gasteiger partial charge in [0.1, 0.15) is 36.6 Å². The summed E-state index contributed by atoms with van der Waals surface area (Å²) in [6, 6.07) is -3.61. The molecular weight excluding hydrogens is 444 g/mol. The first-order valence-corrected chi connectivity index (χ1v) is 10.6. The van der Waals surface area contributed by atoms with Gasteiger partial charge in [-0.05, 0) is 6.42 Å². The van der Waals surface area contributed by atoms with Crippen molar-refractivity contribution in [1.29, 1.82) is 5.41 Å². The molecule has 1 heterocycles. The SMILES string of the molecule is COC1[C@@H](N)C[C@@H](NC(=O)C2(O)CC2NC(=N)N)[C@H](O[C@H]2O[C@H](CO)[C@@H](O)[C@H](N)[C@H]2O)[C@H]1O. The Morgan fingerprint density at radius 2 is 1.85 bits per heavy atom. The third-order valence-corrected chi connectivity index (χ3v) is 6.49. The molecule has 15 nitrogen and oxygen atoms in total. The number of aliphatic hydroxyl groups excluding tert-OH is 4. The van der Waals surface area contributed by atoms with E-state index in [4.69, 9.17) is 36.8 Å². The minimum absolute atomic E-state index is 0.0152. The molecule has 12 atom stereocenters. The fraction of sp³-hybridized carbons (Fsp3) is 0.889. The Bertz CT molecular complexity index is 732. The van der Waals surface area contributed by atoms with Gasteiger partial charge in [0.2, 0.25) is 0 Å². The summed E-state index contributed by atoms with van der Waals surface area (Å²) < 4.78 is 16.5. The fourth-order valence-electron chi connectivity index (χ4n) is 4.41. The number of ether oxygens (including phenoxy) is 3. The smallest absolute Gasteiger partial charge is 0.254 e. The second-order valence-electron chi connectivity index (χ2n) is 8.79. The summed E-state index contributed by atoms with van der Waals surface area (Å²) in [5.74, 6) is -1.19. The molecule has 3 fully saturated rings. The fourth-order valence-corrected chi connectivity index (χ4v) is 4.41. The lowest BCUT2D eigenvalue weighted by Crippen LogP contribution is -2.68. The highest BCUT2D eigenvalue weighted by molar-refractivity contribution is 5.91. The molecule has 1 amide bonds. The highest BCUT2D eigenvalue weighted by Gasteiger charge is 2.61. The minimum Gasteiger partial charge on any atom is -0.394 e. The van der Waals surface area contributed by atoms with Crippen LogP contribution >= 0.6 is 0 Å². The highest BCUT2D eigenvalue weighted by atomic mass is 16.7. The van der Waals surface area contributed by atoms with Gasteiger partial charge in [-0.2, -0.15) is 0 Å². The van der Waals surface area contributed by atoms with Crippen LogP contribution in [0.1, 0.15) is 12.8 Å². The standard InChI is InChI=1S/C18H34N6O9/c1-31-13-5(19)2-6(23-16(29)18(30)3-8(18)24-17(21)22)14(12(13)28)33-15-11(27)9(20)10(26)7(4-25)32-15/h5-15,25-28,30H,2-4,19-20H2,1H3,(H,23,29)(H4,21,22,24)/t5-,6+,7+,8?,9-,10+,11+,12-,13?,14-,15+,18?/m0/s1. The van der Waals surface area contributed by atoms with Gasteiger partial charge >= 0.3 is 0 Å². The van der Waals surface area contributed by atoms with E-state index in [2.05, 4.69) is 10.6 Å². The van der Waals surface area contributed by atoms with Gasteiger partial charge in [-0.25, -0.2) is 0 Å². The van der Waals surface area contributed by atoms with Gasteiger partial charge in [0.25, 0.3) is 5.91 Å². The third-order valence-electron chi connectivity index (χ3n) is 6.49. The molecule has 3 aliphatic rings. The second kappa shape index (κ2) is 9.91. The van der Waals surface area contributed by atoms with E-state index in [1.807, 2.05) is 0 Å². The van der Waals surface area contributed by atoms with Crippen LogP contribution in [0, 0.1) is 5.41 Å². The molecule has 33 heavy (non-hydrogen) atoms. The largest absolute Gasteiger partial charge is 0.394 e. The second-order valence-corrected chi connectivity index (χ2v) is 8.79. The van der Waals surface area contributed by atoms with Gasteiger partial charge in [-0.1, -0.05) is 0 Å². The maximum Gasteiger partial charge on any atom is 0.254 e. The maximum absolute atomic E-state index is 12.8. The van der Waals surface area contributed by atoms with Crippen molar-refractivity contribution >= 4 is 11.9 Å². The van der Waals surface area contributed by atoms with Crippen LogP contribution < -0.4 is 27.8 Å². The van der Waals surface area contributed by atoms with Crippen molar-refractivity contribution < 1.29 is 44.5 Å². The highest BCUT2D eigenvalue weighted by Crippen LogP contribution is 2.37. The number of rotatable bonds is 7. The summed E-state index contributed by atoms with van der Waals surface area (Å²) in [6.07, 6.45) is -8.86. The molecule has 3 unspecified atom stereocenters. The molecule has 0 aromatic heterocycles. The van der Waals surface area contributed by atoms with E-state index in [0.29, 0.717) is 0 Å². The lowest BCUT2D eigenvalue weighted by molar-refractivity contribution is -0.305. The number of hydrogen-bond donors (Lipinski definition) is 11. The summed E-state index contributed by atoms with van der Waals surface area (Å²) in [5.41, 5.74) is 15.3. The Kier molecular flexibility index (Phi) is 7.79. The predicted octanol–water partition coefficient (Wildman–Crippen LogP) is -6.28. The molecular formula is C18H34N6O9. The van der Waals surface area contributed by atoms with Crippen LogP contribution in [-0.2, 0) is 19.0 Å². The Balaban J connectivity index is 1.77. The minimum atomic E-state index is -1.82. The number of amides is 1. The van der Waals surface area contributed by atoms with E-state index in [1.54, 1.807) is 0 Å². The first-order chi connectivity index (χ1) is 15.4. The van der Waals surface area contributed by atoms with E-state index >= 15 is 0 Å². The van der Waals surface area contributed by atoms with E-state index < -0.39 is 91.2 Å². The lowest BCUT2D eigenvalue weighted by Gasteiger charge is -2.47. The zero-order valence-electron chi connectivity index (χ0n) is 18.1. The Labute approximate surface area is 189 Å². The van der Waals surface area contributed by atoms with Crippen LogP contribution in [0.15, 0.2) is 0 Å². The van der Waals surface area contributed by atoms with Gasteiger partial charge in [-0.3, -0.25) is 10.2 Å². The first-order valence-electron chi connectivity index (χ1n) is 10.6. The number of nitrogens with two attached hydrogens (primary N) is 3. The number of carbonyl (C=O) groups is 1. The topological polar surface area (TPSA) is 272 Å². The number of guanidine groups is 1. The van der Waals surface area contributed by atoms with Gasteiger partial charge in [0.05, 0.1) is 24.7 Å². The molecule has 0 aromatic rings. The molecule has 14 N–H and O–H groups in total. The molecule has 0 bridgehead atoms. The summed E-state index contributed by atoms with van der Waals surface area (Å²) >= 11 is 0. The number of carbonyl (C=O) groups excluding carboxylic acids is 1. The van der Waals surface area contributed by atoms with Crippen molar-refractivity contribution in [3.8, 4) is 0 Å². The number of nitrogens with one attached hydrogen (secondary N) is 3. The normalized spacial score (nSPS) is 47.6. The molecule has 3 rings (SSSR count). The van der Waals surface area contributed by atoms with Gasteiger partial charge in [-0.15, -0.1) is 0 Å². The summed E-state index contributed by atoms with van der Waals surface area (Å²) in [4.78, 5) is 12.8. The first kappa shape index (κ1) is 26.0. The molecule has 0 aromatic carbocycles. The zero-order valence-corrected chi connectivity index (χ0v) is 18.1. The van der Waals surface area contributed by atoms with E-state index in [9.17, 15) is 30.3 Å². The monoisotopic (exact) mass is 478 g/mol. The van der Waals surface area contributed by atoms with Gasteiger partial charge in [0.15, 0.2) is 17.9 Å². The molecule has 0 radical (unpaired) electrons. The van der Waals surface area contributed by atoms with E-state index in [1.165, 1.54) is 7.11 Å². The van der Waals surface area contributed by atoms with E-state index in [0.717, 1.165) is 0 Å². The average molecular weight is 479 g/mol. The van der Waals surface area contributed by atoms with Crippen molar-refractivity contribution in [2.45, 2.75) is 85.5 Å². The summed E-state index contributed by atoms with van der Waals surface area (Å²) in [5, 5.41) is 63.6. The van der Waals surface area contributed by atoms with Crippen molar-refractivity contribution in [2.24, 2.45) is 17.2 Å². The molecule has 190 valence electrons. The lowest BCUT2D eigenvalue weighted by atomic mass is 9.83. The van der Waals surface area contributed by atoms with Crippen LogP contribution in [0.3, 0.4) is 0 Å². The number of hydrogen-bond acceptors (Lipinski definition) is 12. The summed E-state index contributed by atoms with van der Waals surface area (Å²) in [7, 11) is 1.34. The van der Waals surface area contributed by atoms with Crippen molar-refractivity contribution in [1.82, 2.24) is 10.6 Å². The van der Waals surface area contributed by atoms with Crippen molar-refractivity contribution in [2.75, 3.05) is 13.7 Å². The molecule has 2 saturated carbocycles. The molecule has 15 heteroatoms. The number of aliphatic hydroxyl groups is 5. The van der Waals surface area contributed by atoms with Crippen molar-refractivity contribution in [3.63, 3.8) is 0 Å². The molecule has 2 aliphatic carbocycles.